The fraction of sp³-hybridized carbons (Fsp3) is 0.208. The van der Waals surface area contributed by atoms with Gasteiger partial charge in [-0.25, -0.2) is 4.98 Å². The second-order valence-corrected chi connectivity index (χ2v) is 7.64. The van der Waals surface area contributed by atoms with Gasteiger partial charge in [-0.05, 0) is 36.4 Å². The van der Waals surface area contributed by atoms with Gasteiger partial charge in [0.05, 0.1) is 36.0 Å². The number of nitrogens with one attached hydrogen (secondary N) is 1. The van der Waals surface area contributed by atoms with Crippen molar-refractivity contribution in [1.29, 1.82) is 0 Å². The van der Waals surface area contributed by atoms with Crippen LogP contribution in [0.5, 0.6) is 0 Å². The van der Waals surface area contributed by atoms with Crippen molar-refractivity contribution in [3.05, 3.63) is 72.9 Å². The molecule has 1 saturated heterocycles. The molecule has 1 aliphatic rings. The molecule has 0 aliphatic carbocycles. The maximum Gasteiger partial charge on any atom is 0.276 e. The lowest BCUT2D eigenvalue weighted by Gasteiger charge is -2.30. The summed E-state index contributed by atoms with van der Waals surface area (Å²) in [6, 6.07) is 13.2. The highest BCUT2D eigenvalue weighted by Crippen LogP contribution is 2.28. The summed E-state index contributed by atoms with van der Waals surface area (Å²) in [6.45, 7) is 2.61. The summed E-state index contributed by atoms with van der Waals surface area (Å²) in [5.41, 5.74) is 4.49. The zero-order valence-corrected chi connectivity index (χ0v) is 18.2. The number of anilines is 2. The molecule has 1 aliphatic heterocycles. The molecule has 1 N–H and O–H groups in total. The molecule has 33 heavy (non-hydrogen) atoms. The second-order valence-electron chi connectivity index (χ2n) is 7.64. The number of carbonyl (C=O) groups excluding carboxylic acids is 1. The average Bonchev–Trinajstić information content (AvgIpc) is 3.25. The summed E-state index contributed by atoms with van der Waals surface area (Å²) >= 11 is 0. The van der Waals surface area contributed by atoms with Crippen molar-refractivity contribution in [3.8, 4) is 22.6 Å². The largest absolute Gasteiger partial charge is 0.378 e. The molecule has 0 aromatic carbocycles. The van der Waals surface area contributed by atoms with E-state index in [1.165, 1.54) is 0 Å². The Morgan fingerprint density at radius 1 is 1.03 bits per heavy atom. The van der Waals surface area contributed by atoms with Crippen molar-refractivity contribution in [2.45, 2.75) is 0 Å². The van der Waals surface area contributed by atoms with Crippen molar-refractivity contribution in [2.24, 2.45) is 7.05 Å². The Morgan fingerprint density at radius 2 is 1.91 bits per heavy atom. The Labute approximate surface area is 191 Å². The Bertz CT molecular complexity index is 1250. The normalized spacial score (nSPS) is 13.7. The Morgan fingerprint density at radius 3 is 2.67 bits per heavy atom. The second kappa shape index (κ2) is 9.17. The van der Waals surface area contributed by atoms with Gasteiger partial charge in [0.25, 0.3) is 5.91 Å². The van der Waals surface area contributed by atoms with Crippen LogP contribution >= 0.6 is 0 Å². The van der Waals surface area contributed by atoms with E-state index in [1.54, 1.807) is 29.5 Å². The third kappa shape index (κ3) is 4.44. The Balaban J connectivity index is 1.53. The van der Waals surface area contributed by atoms with E-state index >= 15 is 0 Å². The monoisotopic (exact) mass is 441 g/mol. The van der Waals surface area contributed by atoms with Crippen molar-refractivity contribution in [3.63, 3.8) is 0 Å². The van der Waals surface area contributed by atoms with Crippen molar-refractivity contribution in [1.82, 2.24) is 24.7 Å². The minimum atomic E-state index is -0.313. The molecule has 1 amide bonds. The first kappa shape index (κ1) is 20.8. The van der Waals surface area contributed by atoms with E-state index in [1.807, 2.05) is 49.5 Å². The third-order valence-electron chi connectivity index (χ3n) is 5.38. The fourth-order valence-electron chi connectivity index (χ4n) is 3.81. The standard InChI is InChI=1S/C24H23N7O2/c1-30-16-20(22(29-30)19-6-2-3-10-26-19)28-24(32)23-21(31-11-13-33-14-12-31)8-7-18(27-23)17-5-4-9-25-15-17/h2-10,15-16H,11-14H2,1H3,(H,28,32). The third-order valence-corrected chi connectivity index (χ3v) is 5.38. The predicted octanol–water partition coefficient (Wildman–Crippen LogP) is 3.03. The van der Waals surface area contributed by atoms with Crippen molar-refractivity contribution >= 4 is 17.3 Å². The number of aryl methyl sites for hydroxylation is 1. The smallest absolute Gasteiger partial charge is 0.276 e. The van der Waals surface area contributed by atoms with Gasteiger partial charge in [0.15, 0.2) is 5.69 Å². The number of aromatic nitrogens is 5. The van der Waals surface area contributed by atoms with Gasteiger partial charge in [-0.3, -0.25) is 19.4 Å². The van der Waals surface area contributed by atoms with E-state index in [4.69, 9.17) is 9.72 Å². The van der Waals surface area contributed by atoms with E-state index in [0.717, 1.165) is 11.3 Å². The van der Waals surface area contributed by atoms with Gasteiger partial charge in [-0.1, -0.05) is 6.07 Å². The summed E-state index contributed by atoms with van der Waals surface area (Å²) in [7, 11) is 1.81. The van der Waals surface area contributed by atoms with Crippen LogP contribution in [0.2, 0.25) is 0 Å². The molecule has 5 heterocycles. The van der Waals surface area contributed by atoms with E-state index in [0.29, 0.717) is 54.8 Å². The number of amides is 1. The molecular formula is C24H23N7O2. The number of morpholine rings is 1. The molecule has 0 unspecified atom stereocenters. The van der Waals surface area contributed by atoms with Gasteiger partial charge in [-0.15, -0.1) is 0 Å². The number of pyridine rings is 3. The molecule has 166 valence electrons. The summed E-state index contributed by atoms with van der Waals surface area (Å²) in [6.07, 6.45) is 6.91. The van der Waals surface area contributed by atoms with Gasteiger partial charge >= 0.3 is 0 Å². The summed E-state index contributed by atoms with van der Waals surface area (Å²) in [5.74, 6) is -0.313. The molecule has 0 bridgehead atoms. The lowest BCUT2D eigenvalue weighted by atomic mass is 10.1. The van der Waals surface area contributed by atoms with Crippen LogP contribution in [-0.2, 0) is 11.8 Å². The molecule has 9 heteroatoms. The number of ether oxygens (including phenoxy) is 1. The van der Waals surface area contributed by atoms with Gasteiger partial charge < -0.3 is 15.0 Å². The predicted molar refractivity (Wildman–Crippen MR) is 125 cm³/mol. The summed E-state index contributed by atoms with van der Waals surface area (Å²) in [5, 5.41) is 7.49. The fourth-order valence-corrected chi connectivity index (χ4v) is 3.81. The van der Waals surface area contributed by atoms with Gasteiger partial charge in [-0.2, -0.15) is 5.10 Å². The summed E-state index contributed by atoms with van der Waals surface area (Å²) in [4.78, 5) is 29.0. The van der Waals surface area contributed by atoms with Gasteiger partial charge in [0.1, 0.15) is 5.69 Å². The molecule has 4 aromatic heterocycles. The highest BCUT2D eigenvalue weighted by molar-refractivity contribution is 6.08. The zero-order chi connectivity index (χ0) is 22.6. The van der Waals surface area contributed by atoms with Crippen LogP contribution in [0.1, 0.15) is 10.5 Å². The van der Waals surface area contributed by atoms with E-state index in [2.05, 4.69) is 25.3 Å². The number of rotatable bonds is 5. The van der Waals surface area contributed by atoms with Crippen LogP contribution in [0.15, 0.2) is 67.3 Å². The SMILES string of the molecule is Cn1cc(NC(=O)c2nc(-c3cccnc3)ccc2N2CCOCC2)c(-c2ccccn2)n1. The van der Waals surface area contributed by atoms with Crippen molar-refractivity contribution < 1.29 is 9.53 Å². The number of carbonyl (C=O) groups is 1. The number of hydrogen-bond acceptors (Lipinski definition) is 7. The average molecular weight is 441 g/mol. The van der Waals surface area contributed by atoms with Crippen LogP contribution in [0, 0.1) is 0 Å². The molecule has 0 radical (unpaired) electrons. The Hall–Kier alpha value is -4.11. The van der Waals surface area contributed by atoms with Gasteiger partial charge in [0, 0.05) is 50.5 Å². The minimum absolute atomic E-state index is 0.313. The van der Waals surface area contributed by atoms with Crippen LogP contribution in [-0.4, -0.2) is 56.9 Å². The number of hydrogen-bond donors (Lipinski definition) is 1. The first-order valence-electron chi connectivity index (χ1n) is 10.7. The van der Waals surface area contributed by atoms with Crippen LogP contribution in [0.3, 0.4) is 0 Å². The molecule has 0 spiro atoms. The zero-order valence-electron chi connectivity index (χ0n) is 18.2. The minimum Gasteiger partial charge on any atom is -0.378 e. The molecule has 1 fully saturated rings. The number of nitrogens with zero attached hydrogens (tertiary/aromatic N) is 6. The van der Waals surface area contributed by atoms with Crippen LogP contribution in [0.4, 0.5) is 11.4 Å². The molecule has 4 aromatic rings. The maximum atomic E-state index is 13.5. The van der Waals surface area contributed by atoms with Crippen molar-refractivity contribution in [2.75, 3.05) is 36.5 Å². The van der Waals surface area contributed by atoms with E-state index in [9.17, 15) is 4.79 Å². The first-order valence-corrected chi connectivity index (χ1v) is 10.7. The quantitative estimate of drug-likeness (QED) is 0.508. The molecular weight excluding hydrogens is 418 g/mol. The molecule has 0 atom stereocenters. The summed E-state index contributed by atoms with van der Waals surface area (Å²) < 4.78 is 7.14. The highest BCUT2D eigenvalue weighted by atomic mass is 16.5. The van der Waals surface area contributed by atoms with E-state index < -0.39 is 0 Å². The molecule has 9 nitrogen and oxygen atoms in total. The Kier molecular flexibility index (Phi) is 5.77. The molecule has 0 saturated carbocycles. The van der Waals surface area contributed by atoms with Gasteiger partial charge in [0.2, 0.25) is 0 Å². The van der Waals surface area contributed by atoms with Crippen LogP contribution in [0.25, 0.3) is 22.6 Å². The maximum absolute atomic E-state index is 13.5. The molecule has 5 rings (SSSR count). The highest BCUT2D eigenvalue weighted by Gasteiger charge is 2.23. The van der Waals surface area contributed by atoms with Crippen LogP contribution < -0.4 is 10.2 Å². The lowest BCUT2D eigenvalue weighted by Crippen LogP contribution is -2.37. The first-order chi connectivity index (χ1) is 16.2. The lowest BCUT2D eigenvalue weighted by molar-refractivity contribution is 0.102. The topological polar surface area (TPSA) is 98.1 Å². The van der Waals surface area contributed by atoms with E-state index in [-0.39, 0.29) is 5.91 Å².